The predicted octanol–water partition coefficient (Wildman–Crippen LogP) is 7.84. The van der Waals surface area contributed by atoms with Crippen molar-refractivity contribution in [1.29, 1.82) is 0 Å². The molecule has 2 amide bonds. The molecule has 0 unspecified atom stereocenters. The van der Waals surface area contributed by atoms with Gasteiger partial charge in [-0.2, -0.15) is 0 Å². The summed E-state index contributed by atoms with van der Waals surface area (Å²) < 4.78 is 27.1. The van der Waals surface area contributed by atoms with Crippen LogP contribution in [0.3, 0.4) is 0 Å². The average molecular weight is 578 g/mol. The Hall–Kier alpha value is -3.45. The molecule has 0 bridgehead atoms. The van der Waals surface area contributed by atoms with E-state index in [1.54, 1.807) is 0 Å². The number of amides is 2. The fourth-order valence-electron chi connectivity index (χ4n) is 5.66. The molecule has 3 aromatic carbocycles. The summed E-state index contributed by atoms with van der Waals surface area (Å²) in [5, 5.41) is 17.2. The van der Waals surface area contributed by atoms with Crippen LogP contribution >= 0.6 is 0 Å². The minimum absolute atomic E-state index is 0.0290. The van der Waals surface area contributed by atoms with Crippen molar-refractivity contribution in [1.82, 2.24) is 10.2 Å². The Kier molecular flexibility index (Phi) is 9.61. The molecular formula is C35H45F2N3O2. The van der Waals surface area contributed by atoms with Crippen LogP contribution in [0, 0.1) is 11.6 Å². The van der Waals surface area contributed by atoms with Crippen LogP contribution in [0.2, 0.25) is 0 Å². The zero-order valence-electron chi connectivity index (χ0n) is 25.8. The summed E-state index contributed by atoms with van der Waals surface area (Å²) >= 11 is 0. The zero-order valence-corrected chi connectivity index (χ0v) is 25.8. The van der Waals surface area contributed by atoms with E-state index in [4.69, 9.17) is 0 Å². The number of aromatic hydroxyl groups is 1. The maximum Gasteiger partial charge on any atom is 0.319 e. The highest BCUT2D eigenvalue weighted by molar-refractivity contribution is 5.90. The lowest BCUT2D eigenvalue weighted by Gasteiger charge is -2.32. The summed E-state index contributed by atoms with van der Waals surface area (Å²) in [6.45, 7) is 14.7. The number of nitrogens with one attached hydrogen (secondary N) is 2. The fourth-order valence-corrected chi connectivity index (χ4v) is 5.66. The van der Waals surface area contributed by atoms with Crippen molar-refractivity contribution >= 4 is 11.7 Å². The number of aryl methyl sites for hydroxylation is 2. The summed E-state index contributed by atoms with van der Waals surface area (Å²) in [4.78, 5) is 15.1. The lowest BCUT2D eigenvalue weighted by molar-refractivity contribution is 0.189. The average Bonchev–Trinajstić information content (AvgIpc) is 2.88. The smallest absolute Gasteiger partial charge is 0.319 e. The van der Waals surface area contributed by atoms with E-state index in [9.17, 15) is 18.7 Å². The number of hydrogen-bond donors (Lipinski definition) is 3. The number of carbonyl (C=O) groups excluding carboxylic acids is 1. The third kappa shape index (κ3) is 8.31. The molecule has 0 aromatic heterocycles. The normalized spacial score (nSPS) is 15.0. The number of benzene rings is 3. The first kappa shape index (κ1) is 31.5. The van der Waals surface area contributed by atoms with E-state index in [1.165, 1.54) is 12.1 Å². The first-order chi connectivity index (χ1) is 19.7. The van der Waals surface area contributed by atoms with E-state index in [2.05, 4.69) is 69.2 Å². The minimum atomic E-state index is -0.564. The van der Waals surface area contributed by atoms with Crippen LogP contribution in [0.25, 0.3) is 0 Å². The number of phenolic OH excluding ortho intramolecular Hbond substituents is 1. The van der Waals surface area contributed by atoms with E-state index in [-0.39, 0.29) is 22.9 Å². The van der Waals surface area contributed by atoms with Crippen molar-refractivity contribution < 1.29 is 18.7 Å². The van der Waals surface area contributed by atoms with Crippen molar-refractivity contribution in [2.75, 3.05) is 18.4 Å². The molecule has 5 nitrogen and oxygen atoms in total. The van der Waals surface area contributed by atoms with E-state index >= 15 is 0 Å². The van der Waals surface area contributed by atoms with Crippen LogP contribution in [0.1, 0.15) is 82.2 Å². The number of nitrogens with zero attached hydrogens (tertiary/aromatic N) is 1. The number of phenols is 1. The van der Waals surface area contributed by atoms with Crippen molar-refractivity contribution in [3.63, 3.8) is 0 Å². The second-order valence-electron chi connectivity index (χ2n) is 13.6. The lowest BCUT2D eigenvalue weighted by Crippen LogP contribution is -2.45. The number of rotatable bonds is 7. The maximum atomic E-state index is 13.5. The highest BCUT2D eigenvalue weighted by Gasteiger charge is 2.27. The van der Waals surface area contributed by atoms with Gasteiger partial charge in [0.1, 0.15) is 17.4 Å². The van der Waals surface area contributed by atoms with Gasteiger partial charge in [0, 0.05) is 37.4 Å². The summed E-state index contributed by atoms with van der Waals surface area (Å²) in [6, 6.07) is 15.5. The zero-order chi connectivity index (χ0) is 30.7. The first-order valence-electron chi connectivity index (χ1n) is 14.9. The molecule has 0 radical (unpaired) electrons. The largest absolute Gasteiger partial charge is 0.507 e. The molecule has 0 aliphatic carbocycles. The predicted molar refractivity (Wildman–Crippen MR) is 166 cm³/mol. The molecule has 0 atom stereocenters. The molecule has 4 rings (SSSR count). The number of urea groups is 1. The van der Waals surface area contributed by atoms with Gasteiger partial charge in [0.15, 0.2) is 0 Å². The molecule has 1 saturated heterocycles. The summed E-state index contributed by atoms with van der Waals surface area (Å²) in [7, 11) is 0. The Balaban J connectivity index is 1.35. The molecule has 42 heavy (non-hydrogen) atoms. The van der Waals surface area contributed by atoms with Gasteiger partial charge in [-0.15, -0.1) is 0 Å². The standard InChI is InChI=1S/C35H45F2N3O2/c1-34(2,3)29-19-23(20-30(32(29)41)35(4,5)6)11-12-25-9-7-8-10-31(25)39-33(42)38-28-13-15-40(16-14-28)22-24-17-26(36)21-27(37)18-24/h7-10,17-21,28,41H,11-16,22H2,1-6H3,(H2,38,39,42). The van der Waals surface area contributed by atoms with Crippen LogP contribution in [0.4, 0.5) is 19.3 Å². The molecule has 1 aliphatic heterocycles. The van der Waals surface area contributed by atoms with E-state index in [0.717, 1.165) is 72.8 Å². The van der Waals surface area contributed by atoms with Gasteiger partial charge in [0.25, 0.3) is 0 Å². The number of hydrogen-bond acceptors (Lipinski definition) is 3. The van der Waals surface area contributed by atoms with Crippen molar-refractivity contribution in [3.05, 3.63) is 94.0 Å². The van der Waals surface area contributed by atoms with Crippen LogP contribution in [-0.2, 0) is 30.2 Å². The first-order valence-corrected chi connectivity index (χ1v) is 14.9. The van der Waals surface area contributed by atoms with Gasteiger partial charge in [-0.05, 0) is 82.5 Å². The number of anilines is 1. The molecule has 3 N–H and O–H groups in total. The highest BCUT2D eigenvalue weighted by atomic mass is 19.1. The minimum Gasteiger partial charge on any atom is -0.507 e. The molecule has 226 valence electrons. The van der Waals surface area contributed by atoms with Crippen LogP contribution in [-0.4, -0.2) is 35.2 Å². The summed E-state index contributed by atoms with van der Waals surface area (Å²) in [5.41, 5.74) is 5.13. The number of halogens is 2. The highest BCUT2D eigenvalue weighted by Crippen LogP contribution is 2.40. The fraction of sp³-hybridized carbons (Fsp3) is 0.457. The van der Waals surface area contributed by atoms with Gasteiger partial charge in [-0.3, -0.25) is 4.90 Å². The van der Waals surface area contributed by atoms with Gasteiger partial charge in [0.05, 0.1) is 0 Å². The Morgan fingerprint density at radius 1 is 0.857 bits per heavy atom. The molecular weight excluding hydrogens is 532 g/mol. The monoisotopic (exact) mass is 577 g/mol. The van der Waals surface area contributed by atoms with Gasteiger partial charge in [0.2, 0.25) is 0 Å². The van der Waals surface area contributed by atoms with E-state index in [0.29, 0.717) is 17.9 Å². The molecule has 1 aliphatic rings. The second kappa shape index (κ2) is 12.8. The van der Waals surface area contributed by atoms with Gasteiger partial charge in [-0.1, -0.05) is 71.9 Å². The number of para-hydroxylation sites is 1. The topological polar surface area (TPSA) is 64.6 Å². The maximum absolute atomic E-state index is 13.5. The Morgan fingerprint density at radius 2 is 1.43 bits per heavy atom. The van der Waals surface area contributed by atoms with Gasteiger partial charge < -0.3 is 15.7 Å². The van der Waals surface area contributed by atoms with Gasteiger partial charge >= 0.3 is 6.03 Å². The SMILES string of the molecule is CC(C)(C)c1cc(CCc2ccccc2NC(=O)NC2CCN(Cc3cc(F)cc(F)c3)CC2)cc(C(C)(C)C)c1O. The molecule has 1 fully saturated rings. The quantitative estimate of drug-likeness (QED) is 0.268. The van der Waals surface area contributed by atoms with Crippen molar-refractivity contribution in [2.45, 2.75) is 90.6 Å². The van der Waals surface area contributed by atoms with Crippen molar-refractivity contribution in [3.8, 4) is 5.75 Å². The summed E-state index contributed by atoms with van der Waals surface area (Å²) in [5.74, 6) is -0.747. The van der Waals surface area contributed by atoms with Gasteiger partial charge in [-0.25, -0.2) is 13.6 Å². The van der Waals surface area contributed by atoms with E-state index < -0.39 is 11.6 Å². The lowest BCUT2D eigenvalue weighted by atomic mass is 9.78. The second-order valence-corrected chi connectivity index (χ2v) is 13.6. The molecule has 1 heterocycles. The van der Waals surface area contributed by atoms with Crippen molar-refractivity contribution in [2.24, 2.45) is 0 Å². The number of piperidine rings is 1. The molecule has 0 saturated carbocycles. The Labute approximate surface area is 249 Å². The van der Waals surface area contributed by atoms with Crippen LogP contribution in [0.15, 0.2) is 54.6 Å². The molecule has 7 heteroatoms. The third-order valence-electron chi connectivity index (χ3n) is 7.99. The van der Waals surface area contributed by atoms with Crippen LogP contribution in [0.5, 0.6) is 5.75 Å². The van der Waals surface area contributed by atoms with Crippen LogP contribution < -0.4 is 10.6 Å². The number of likely N-dealkylation sites (tertiary alicyclic amines) is 1. The third-order valence-corrected chi connectivity index (χ3v) is 7.99. The summed E-state index contributed by atoms with van der Waals surface area (Å²) in [6.07, 6.45) is 3.05. The van der Waals surface area contributed by atoms with E-state index in [1.807, 2.05) is 24.3 Å². The Bertz CT molecular complexity index is 1340. The Morgan fingerprint density at radius 3 is 2.00 bits per heavy atom. The molecule has 3 aromatic rings. The molecule has 0 spiro atoms. The number of carbonyl (C=O) groups is 1.